The van der Waals surface area contributed by atoms with Crippen LogP contribution < -0.4 is 10.6 Å². The predicted molar refractivity (Wildman–Crippen MR) is 110 cm³/mol. The second kappa shape index (κ2) is 8.33. The van der Waals surface area contributed by atoms with Crippen molar-refractivity contribution >= 4 is 66.9 Å². The van der Waals surface area contributed by atoms with E-state index in [0.717, 1.165) is 41.8 Å². The molecule has 3 rings (SSSR count). The third-order valence-corrected chi connectivity index (χ3v) is 7.39. The van der Waals surface area contributed by atoms with Gasteiger partial charge in [0.1, 0.15) is 4.21 Å². The van der Waals surface area contributed by atoms with Gasteiger partial charge in [0, 0.05) is 17.8 Å². The van der Waals surface area contributed by atoms with Gasteiger partial charge < -0.3 is 5.32 Å². The summed E-state index contributed by atoms with van der Waals surface area (Å²) >= 11 is 12.4. The van der Waals surface area contributed by atoms with E-state index in [-0.39, 0.29) is 24.9 Å². The number of urea groups is 1. The van der Waals surface area contributed by atoms with Crippen molar-refractivity contribution in [2.45, 2.75) is 9.10 Å². The molecule has 0 radical (unpaired) electrons. The van der Waals surface area contributed by atoms with Crippen LogP contribution in [0.25, 0.3) is 0 Å². The molecule has 0 aliphatic carbocycles. The number of amides is 2. The largest absolute Gasteiger partial charge is 0.325 e. The Morgan fingerprint density at radius 3 is 2.38 bits per heavy atom. The van der Waals surface area contributed by atoms with Crippen molar-refractivity contribution in [2.75, 3.05) is 10.6 Å². The van der Waals surface area contributed by atoms with Gasteiger partial charge in [-0.25, -0.2) is 18.2 Å². The summed E-state index contributed by atoms with van der Waals surface area (Å²) < 4.78 is 25.1. The lowest BCUT2D eigenvalue weighted by Crippen LogP contribution is -2.19. The highest BCUT2D eigenvalue weighted by Crippen LogP contribution is 2.30. The molecule has 3 aromatic rings. The van der Waals surface area contributed by atoms with Gasteiger partial charge in [0.15, 0.2) is 5.13 Å². The van der Waals surface area contributed by atoms with Crippen molar-refractivity contribution in [1.82, 2.24) is 4.98 Å². The molecule has 0 fully saturated rings. The Labute approximate surface area is 178 Å². The average molecular weight is 473 g/mol. The zero-order valence-electron chi connectivity index (χ0n) is 14.1. The van der Waals surface area contributed by atoms with Crippen LogP contribution in [0.3, 0.4) is 0 Å². The highest BCUT2D eigenvalue weighted by Gasteiger charge is 2.22. The molecule has 1 aromatic heterocycles. The maximum atomic E-state index is 12.6. The number of halogens is 2. The number of nitro groups is 1. The van der Waals surface area contributed by atoms with E-state index < -0.39 is 20.8 Å². The van der Waals surface area contributed by atoms with Crippen LogP contribution in [0.1, 0.15) is 0 Å². The Kier molecular flexibility index (Phi) is 6.03. The van der Waals surface area contributed by atoms with Gasteiger partial charge in [-0.2, -0.15) is 0 Å². The highest BCUT2D eigenvalue weighted by molar-refractivity contribution is 7.93. The molecule has 2 aromatic carbocycles. The van der Waals surface area contributed by atoms with Gasteiger partial charge in [0.25, 0.3) is 5.69 Å². The van der Waals surface area contributed by atoms with E-state index in [0.29, 0.717) is 10.7 Å². The average Bonchev–Trinajstić information content (AvgIpc) is 3.14. The van der Waals surface area contributed by atoms with Crippen LogP contribution in [0.5, 0.6) is 0 Å². The second-order valence-electron chi connectivity index (χ2n) is 5.45. The molecular weight excluding hydrogens is 463 g/mol. The molecule has 0 saturated carbocycles. The quantitative estimate of drug-likeness (QED) is 0.403. The van der Waals surface area contributed by atoms with Crippen molar-refractivity contribution in [3.05, 3.63) is 68.8 Å². The smallest absolute Gasteiger partial charge is 0.308 e. The van der Waals surface area contributed by atoms with Crippen LogP contribution in [0.15, 0.2) is 57.8 Å². The number of hydrogen-bond donors (Lipinski definition) is 2. The zero-order valence-corrected chi connectivity index (χ0v) is 17.3. The molecule has 0 aliphatic rings. The zero-order chi connectivity index (χ0) is 21.2. The first-order valence-corrected chi connectivity index (χ1v) is 10.7. The fourth-order valence-corrected chi connectivity index (χ4v) is 4.86. The first-order chi connectivity index (χ1) is 13.7. The van der Waals surface area contributed by atoms with Gasteiger partial charge in [-0.05, 0) is 30.3 Å². The SMILES string of the molecule is O=C(Nc1ccc(Cl)c(Cl)c1)Nc1ncc(S(=O)(=O)c2ccc([N+](=O)[O-])cc2)s1. The Morgan fingerprint density at radius 2 is 1.76 bits per heavy atom. The summed E-state index contributed by atoms with van der Waals surface area (Å²) in [6.07, 6.45) is 1.09. The summed E-state index contributed by atoms with van der Waals surface area (Å²) in [5.41, 5.74) is 0.154. The molecule has 0 spiro atoms. The van der Waals surface area contributed by atoms with Gasteiger partial charge in [0.05, 0.1) is 26.1 Å². The summed E-state index contributed by atoms with van der Waals surface area (Å²) in [6.45, 7) is 0. The summed E-state index contributed by atoms with van der Waals surface area (Å²) in [4.78, 5) is 25.9. The summed E-state index contributed by atoms with van der Waals surface area (Å²) in [7, 11) is -3.94. The van der Waals surface area contributed by atoms with Crippen molar-refractivity contribution in [3.8, 4) is 0 Å². The van der Waals surface area contributed by atoms with Gasteiger partial charge in [-0.1, -0.05) is 34.5 Å². The third-order valence-electron chi connectivity index (χ3n) is 3.51. The van der Waals surface area contributed by atoms with E-state index in [1.807, 2.05) is 0 Å². The number of benzene rings is 2. The lowest BCUT2D eigenvalue weighted by Gasteiger charge is -2.06. The lowest BCUT2D eigenvalue weighted by atomic mass is 10.3. The number of rotatable bonds is 5. The number of sulfone groups is 1. The molecule has 0 atom stereocenters. The second-order valence-corrected chi connectivity index (χ2v) is 9.47. The van der Waals surface area contributed by atoms with E-state index in [4.69, 9.17) is 23.2 Å². The minimum atomic E-state index is -3.94. The molecule has 2 amide bonds. The summed E-state index contributed by atoms with van der Waals surface area (Å²) in [5.74, 6) is 0. The number of anilines is 2. The molecule has 1 heterocycles. The Balaban J connectivity index is 1.73. The summed E-state index contributed by atoms with van der Waals surface area (Å²) in [5, 5.41) is 16.3. The minimum absolute atomic E-state index is 0.0445. The molecular formula is C16H10Cl2N4O5S2. The predicted octanol–water partition coefficient (Wildman–Crippen LogP) is 4.83. The number of carbonyl (C=O) groups is 1. The Morgan fingerprint density at radius 1 is 1.07 bits per heavy atom. The number of nitro benzene ring substituents is 1. The molecule has 9 nitrogen and oxygen atoms in total. The number of nitrogens with zero attached hydrogens (tertiary/aromatic N) is 2. The van der Waals surface area contributed by atoms with Gasteiger partial charge in [-0.15, -0.1) is 0 Å². The molecule has 29 heavy (non-hydrogen) atoms. The monoisotopic (exact) mass is 472 g/mol. The number of hydrogen-bond acceptors (Lipinski definition) is 7. The summed E-state index contributed by atoms with van der Waals surface area (Å²) in [6, 6.07) is 8.31. The highest BCUT2D eigenvalue weighted by atomic mass is 35.5. The molecule has 0 saturated heterocycles. The van der Waals surface area contributed by atoms with E-state index in [1.54, 1.807) is 6.07 Å². The van der Waals surface area contributed by atoms with Crippen molar-refractivity contribution in [1.29, 1.82) is 0 Å². The molecule has 2 N–H and O–H groups in total. The van der Waals surface area contributed by atoms with E-state index in [9.17, 15) is 23.3 Å². The number of aromatic nitrogens is 1. The van der Waals surface area contributed by atoms with Crippen LogP contribution in [0, 0.1) is 10.1 Å². The number of non-ortho nitro benzene ring substituents is 1. The number of nitrogens with one attached hydrogen (secondary N) is 2. The van der Waals surface area contributed by atoms with Crippen molar-refractivity contribution in [3.63, 3.8) is 0 Å². The number of thiazole rings is 1. The van der Waals surface area contributed by atoms with Crippen LogP contribution in [0.2, 0.25) is 10.0 Å². The van der Waals surface area contributed by atoms with Crippen LogP contribution in [0.4, 0.5) is 21.3 Å². The fraction of sp³-hybridized carbons (Fsp3) is 0. The Hall–Kier alpha value is -2.73. The molecule has 150 valence electrons. The van der Waals surface area contributed by atoms with E-state index in [2.05, 4.69) is 15.6 Å². The maximum absolute atomic E-state index is 12.6. The van der Waals surface area contributed by atoms with Crippen LogP contribution >= 0.6 is 34.5 Å². The first kappa shape index (κ1) is 21.0. The van der Waals surface area contributed by atoms with Crippen molar-refractivity contribution < 1.29 is 18.1 Å². The van der Waals surface area contributed by atoms with Gasteiger partial charge in [0.2, 0.25) is 9.84 Å². The maximum Gasteiger partial charge on any atom is 0.325 e. The van der Waals surface area contributed by atoms with Gasteiger partial charge >= 0.3 is 6.03 Å². The molecule has 0 bridgehead atoms. The topological polar surface area (TPSA) is 131 Å². The molecule has 0 unspecified atom stereocenters. The van der Waals surface area contributed by atoms with E-state index in [1.165, 1.54) is 12.1 Å². The van der Waals surface area contributed by atoms with Crippen LogP contribution in [-0.2, 0) is 9.84 Å². The normalized spacial score (nSPS) is 11.1. The Bertz CT molecular complexity index is 1200. The minimum Gasteiger partial charge on any atom is -0.308 e. The van der Waals surface area contributed by atoms with Crippen molar-refractivity contribution in [2.24, 2.45) is 0 Å². The first-order valence-electron chi connectivity index (χ1n) is 7.65. The van der Waals surface area contributed by atoms with Gasteiger partial charge in [-0.3, -0.25) is 15.4 Å². The van der Waals surface area contributed by atoms with Crippen LogP contribution in [-0.4, -0.2) is 24.4 Å². The standard InChI is InChI=1S/C16H10Cl2N4O5S2/c17-12-6-1-9(7-13(12)18)20-15(23)21-16-19-8-14(28-16)29(26,27)11-4-2-10(3-5-11)22(24)25/h1-8H,(H2,19,20,21,23). The number of carbonyl (C=O) groups excluding carboxylic acids is 1. The third kappa shape index (κ3) is 4.82. The molecule has 0 aliphatic heterocycles. The lowest BCUT2D eigenvalue weighted by molar-refractivity contribution is -0.384. The van der Waals surface area contributed by atoms with E-state index >= 15 is 0 Å². The molecule has 13 heteroatoms. The fourth-order valence-electron chi connectivity index (χ4n) is 2.14.